The van der Waals surface area contributed by atoms with E-state index in [0.717, 1.165) is 24.3 Å². The van der Waals surface area contributed by atoms with Gasteiger partial charge >= 0.3 is 0 Å². The van der Waals surface area contributed by atoms with Crippen molar-refractivity contribution in [3.05, 3.63) is 80.2 Å². The minimum absolute atomic E-state index is 0.131. The second-order valence-electron chi connectivity index (χ2n) is 7.01. The Balaban J connectivity index is 1.37. The average Bonchev–Trinajstić information content (AvgIpc) is 3.48. The van der Waals surface area contributed by atoms with E-state index in [1.165, 1.54) is 33.6 Å². The van der Waals surface area contributed by atoms with Crippen molar-refractivity contribution in [2.24, 2.45) is 0 Å². The first-order valence-corrected chi connectivity index (χ1v) is 12.4. The van der Waals surface area contributed by atoms with Gasteiger partial charge in [-0.2, -0.15) is 0 Å². The van der Waals surface area contributed by atoms with E-state index >= 15 is 0 Å². The maximum absolute atomic E-state index is 12.8. The summed E-state index contributed by atoms with van der Waals surface area (Å²) in [5.41, 5.74) is 0.732. The van der Waals surface area contributed by atoms with Crippen molar-refractivity contribution >= 4 is 94.5 Å². The number of nitrogens with zero attached hydrogens (tertiary/aromatic N) is 1. The number of thiazole rings is 1. The van der Waals surface area contributed by atoms with Gasteiger partial charge in [0.1, 0.15) is 9.84 Å². The number of thiophene rings is 2. The fourth-order valence-corrected chi connectivity index (χ4v) is 7.21. The highest BCUT2D eigenvalue weighted by atomic mass is 35.5. The summed E-state index contributed by atoms with van der Waals surface area (Å²) in [7, 11) is 0. The number of allylic oxidation sites excluding steroid dienone is 1. The van der Waals surface area contributed by atoms with Crippen LogP contribution in [0.4, 0.5) is 0 Å². The first-order valence-electron chi connectivity index (χ1n) is 9.17. The number of fused-ring (bicyclic) bond motifs is 3. The molecule has 6 rings (SSSR count). The van der Waals surface area contributed by atoms with E-state index < -0.39 is 0 Å². The van der Waals surface area contributed by atoms with Crippen LogP contribution in [0.15, 0.2) is 54.1 Å². The predicted molar refractivity (Wildman–Crippen MR) is 131 cm³/mol. The van der Waals surface area contributed by atoms with Crippen molar-refractivity contribution in [3.63, 3.8) is 0 Å². The van der Waals surface area contributed by atoms with Crippen molar-refractivity contribution in [1.82, 2.24) is 4.98 Å². The van der Waals surface area contributed by atoms with E-state index in [-0.39, 0.29) is 27.2 Å². The third kappa shape index (κ3) is 3.10. The summed E-state index contributed by atoms with van der Waals surface area (Å²) in [4.78, 5) is 33.1. The molecule has 0 saturated carbocycles. The standard InChI is InChI=1S/C23H9Cl2NO2S3/c24-15-8-12-13(9-16(15)25)21(28)14(20(12)27)6-11-7-19-22(29-11)26-23(31-19)18-5-10-3-1-2-4-17(10)30-18/h1-9H. The third-order valence-electron chi connectivity index (χ3n) is 5.07. The van der Waals surface area contributed by atoms with Gasteiger partial charge in [-0.1, -0.05) is 41.4 Å². The summed E-state index contributed by atoms with van der Waals surface area (Å²) in [5.74, 6) is -0.650. The van der Waals surface area contributed by atoms with E-state index in [1.807, 2.05) is 18.2 Å². The first kappa shape index (κ1) is 19.3. The summed E-state index contributed by atoms with van der Waals surface area (Å²) in [6.07, 6.45) is 1.64. The number of halogens is 2. The molecule has 3 nitrogen and oxygen atoms in total. The minimum atomic E-state index is -0.325. The third-order valence-corrected chi connectivity index (χ3v) is 9.19. The van der Waals surface area contributed by atoms with Gasteiger partial charge < -0.3 is 0 Å². The van der Waals surface area contributed by atoms with Crippen LogP contribution in [0.2, 0.25) is 10.0 Å². The molecule has 8 heteroatoms. The van der Waals surface area contributed by atoms with E-state index in [0.29, 0.717) is 11.1 Å². The Bertz CT molecular complexity index is 1500. The quantitative estimate of drug-likeness (QED) is 0.183. The number of carbonyl (C=O) groups excluding carboxylic acids is 2. The highest BCUT2D eigenvalue weighted by molar-refractivity contribution is 7.31. The van der Waals surface area contributed by atoms with Crippen LogP contribution in [0, 0.1) is 0 Å². The molecule has 0 radical (unpaired) electrons. The molecule has 0 N–H and O–H groups in total. The Morgan fingerprint density at radius 2 is 1.52 bits per heavy atom. The molecule has 150 valence electrons. The molecule has 0 bridgehead atoms. The molecule has 0 aliphatic heterocycles. The molecule has 0 amide bonds. The van der Waals surface area contributed by atoms with Crippen molar-refractivity contribution in [3.8, 4) is 9.88 Å². The first-order chi connectivity index (χ1) is 15.0. The smallest absolute Gasteiger partial charge is 0.197 e. The number of hydrogen-bond acceptors (Lipinski definition) is 6. The second-order valence-corrected chi connectivity index (χ2v) is 11.0. The van der Waals surface area contributed by atoms with Gasteiger partial charge in [-0.15, -0.1) is 34.0 Å². The van der Waals surface area contributed by atoms with Crippen molar-refractivity contribution < 1.29 is 9.59 Å². The summed E-state index contributed by atoms with van der Waals surface area (Å²) in [6, 6.07) is 15.3. The molecule has 1 aliphatic rings. The topological polar surface area (TPSA) is 47.0 Å². The maximum atomic E-state index is 12.8. The van der Waals surface area contributed by atoms with Crippen LogP contribution in [0.3, 0.4) is 0 Å². The molecule has 0 saturated heterocycles. The molecule has 5 aromatic rings. The van der Waals surface area contributed by atoms with Gasteiger partial charge in [0, 0.05) is 20.7 Å². The van der Waals surface area contributed by atoms with Crippen LogP contribution in [-0.4, -0.2) is 16.6 Å². The molecule has 31 heavy (non-hydrogen) atoms. The molecule has 2 aromatic carbocycles. The summed E-state index contributed by atoms with van der Waals surface area (Å²) in [5, 5.41) is 2.71. The van der Waals surface area contributed by atoms with Crippen LogP contribution in [0.25, 0.3) is 35.6 Å². The van der Waals surface area contributed by atoms with Gasteiger partial charge in [0.05, 0.1) is 25.2 Å². The zero-order chi connectivity index (χ0) is 21.3. The molecule has 0 atom stereocenters. The fraction of sp³-hybridized carbons (Fsp3) is 0. The number of aromatic nitrogens is 1. The second kappa shape index (κ2) is 7.08. The highest BCUT2D eigenvalue weighted by Gasteiger charge is 2.34. The minimum Gasteiger partial charge on any atom is -0.288 e. The number of ketones is 2. The Morgan fingerprint density at radius 3 is 2.19 bits per heavy atom. The van der Waals surface area contributed by atoms with E-state index in [9.17, 15) is 9.59 Å². The lowest BCUT2D eigenvalue weighted by Crippen LogP contribution is -1.99. The molecular formula is C23H9Cl2NO2S3. The zero-order valence-corrected chi connectivity index (χ0v) is 19.4. The SMILES string of the molecule is O=C1C(=Cc2cc3sc(-c4cc5ccccc5s4)nc3s2)C(=O)c2cc(Cl)c(Cl)cc21. The number of Topliss-reactive ketones (excluding diaryl/α,β-unsaturated/α-hetero) is 2. The zero-order valence-electron chi connectivity index (χ0n) is 15.4. The lowest BCUT2D eigenvalue weighted by Gasteiger charge is -1.98. The molecule has 0 unspecified atom stereocenters. The summed E-state index contributed by atoms with van der Waals surface area (Å²) >= 11 is 16.9. The molecular weight excluding hydrogens is 489 g/mol. The van der Waals surface area contributed by atoms with Crippen LogP contribution in [0.5, 0.6) is 0 Å². The van der Waals surface area contributed by atoms with E-state index in [2.05, 4.69) is 18.2 Å². The number of carbonyl (C=O) groups is 2. The Hall–Kier alpha value is -2.35. The van der Waals surface area contributed by atoms with E-state index in [4.69, 9.17) is 28.2 Å². The molecule has 3 heterocycles. The van der Waals surface area contributed by atoms with Gasteiger partial charge in [0.25, 0.3) is 0 Å². The van der Waals surface area contributed by atoms with Crippen LogP contribution in [0.1, 0.15) is 25.6 Å². The number of hydrogen-bond donors (Lipinski definition) is 0. The van der Waals surface area contributed by atoms with Crippen LogP contribution in [-0.2, 0) is 0 Å². The normalized spacial score (nSPS) is 13.5. The van der Waals surface area contributed by atoms with Gasteiger partial charge in [0.2, 0.25) is 0 Å². The van der Waals surface area contributed by atoms with Gasteiger partial charge in [-0.25, -0.2) is 4.98 Å². The number of rotatable bonds is 2. The number of benzene rings is 2. The summed E-state index contributed by atoms with van der Waals surface area (Å²) in [6.45, 7) is 0. The van der Waals surface area contributed by atoms with Crippen molar-refractivity contribution in [2.45, 2.75) is 0 Å². The largest absolute Gasteiger partial charge is 0.288 e. The van der Waals surface area contributed by atoms with Crippen molar-refractivity contribution in [1.29, 1.82) is 0 Å². The molecule has 1 aliphatic carbocycles. The lowest BCUT2D eigenvalue weighted by molar-refractivity contribution is 0.0990. The monoisotopic (exact) mass is 497 g/mol. The Labute approximate surface area is 198 Å². The van der Waals surface area contributed by atoms with Crippen LogP contribution >= 0.6 is 57.2 Å². The summed E-state index contributed by atoms with van der Waals surface area (Å²) < 4.78 is 2.27. The fourth-order valence-electron chi connectivity index (χ4n) is 3.61. The Morgan fingerprint density at radius 1 is 0.806 bits per heavy atom. The lowest BCUT2D eigenvalue weighted by atomic mass is 10.1. The van der Waals surface area contributed by atoms with Crippen molar-refractivity contribution in [2.75, 3.05) is 0 Å². The maximum Gasteiger partial charge on any atom is 0.197 e. The Kier molecular flexibility index (Phi) is 4.42. The van der Waals surface area contributed by atoms with Crippen LogP contribution < -0.4 is 0 Å². The molecule has 0 fully saturated rings. The van der Waals surface area contributed by atoms with Gasteiger partial charge in [0.15, 0.2) is 11.6 Å². The van der Waals surface area contributed by atoms with Gasteiger partial charge in [-0.3, -0.25) is 9.59 Å². The van der Waals surface area contributed by atoms with E-state index in [1.54, 1.807) is 28.7 Å². The van der Waals surface area contributed by atoms with Gasteiger partial charge in [-0.05, 0) is 41.8 Å². The molecule has 3 aromatic heterocycles. The predicted octanol–water partition coefficient (Wildman–Crippen LogP) is 8.01. The molecule has 0 spiro atoms. The highest BCUT2D eigenvalue weighted by Crippen LogP contribution is 2.41. The average molecular weight is 498 g/mol.